The monoisotopic (exact) mass is 182 g/mol. The van der Waals surface area contributed by atoms with Gasteiger partial charge in [0.2, 0.25) is 0 Å². The Kier molecular flexibility index (Phi) is 3.08. The second-order valence-electron chi connectivity index (χ2n) is 2.74. The lowest BCUT2D eigenvalue weighted by Gasteiger charge is -2.09. The van der Waals surface area contributed by atoms with Crippen LogP contribution in [0.3, 0.4) is 0 Å². The number of ether oxygens (including phenoxy) is 2. The molecule has 0 fully saturated rings. The summed E-state index contributed by atoms with van der Waals surface area (Å²) in [5.74, 6) is 1.09. The molecule has 1 atom stereocenters. The van der Waals surface area contributed by atoms with E-state index in [1.807, 2.05) is 13.0 Å². The predicted octanol–water partition coefficient (Wildman–Crippen LogP) is 1.12. The maximum Gasteiger partial charge on any atom is 0.257 e. The zero-order valence-electron chi connectivity index (χ0n) is 8.07. The van der Waals surface area contributed by atoms with Crippen molar-refractivity contribution in [3.05, 3.63) is 17.8 Å². The van der Waals surface area contributed by atoms with Crippen LogP contribution >= 0.6 is 0 Å². The highest BCUT2D eigenvalue weighted by molar-refractivity contribution is 5.35. The topological polar surface area (TPSA) is 57.4 Å². The minimum atomic E-state index is -0.0974. The lowest BCUT2D eigenvalue weighted by atomic mass is 10.2. The Bertz CT molecular complexity index is 287. The minimum Gasteiger partial charge on any atom is -0.491 e. The van der Waals surface area contributed by atoms with Gasteiger partial charge in [-0.3, -0.25) is 0 Å². The third-order valence-corrected chi connectivity index (χ3v) is 1.73. The first-order chi connectivity index (χ1) is 6.19. The second-order valence-corrected chi connectivity index (χ2v) is 2.74. The summed E-state index contributed by atoms with van der Waals surface area (Å²) in [5.41, 5.74) is 6.46. The van der Waals surface area contributed by atoms with Crippen LogP contribution in [0.2, 0.25) is 0 Å². The van der Waals surface area contributed by atoms with Crippen molar-refractivity contribution in [2.24, 2.45) is 5.73 Å². The van der Waals surface area contributed by atoms with Crippen molar-refractivity contribution < 1.29 is 9.47 Å². The first-order valence-corrected chi connectivity index (χ1v) is 4.03. The molecule has 0 aromatic carbocycles. The minimum absolute atomic E-state index is 0.0974. The van der Waals surface area contributed by atoms with E-state index in [1.54, 1.807) is 20.3 Å². The summed E-state index contributed by atoms with van der Waals surface area (Å²) in [6.07, 6.45) is 0. The third kappa shape index (κ3) is 2.09. The average Bonchev–Trinajstić information content (AvgIpc) is 2.16. The summed E-state index contributed by atoms with van der Waals surface area (Å²) in [4.78, 5) is 4.19. The van der Waals surface area contributed by atoms with Crippen LogP contribution in [0.1, 0.15) is 18.7 Å². The SMILES string of the molecule is COc1ccc(C(C)N)nc1OC. The van der Waals surface area contributed by atoms with Gasteiger partial charge in [0, 0.05) is 6.04 Å². The van der Waals surface area contributed by atoms with Crippen LogP contribution in [0.15, 0.2) is 12.1 Å². The first kappa shape index (κ1) is 9.80. The van der Waals surface area contributed by atoms with Gasteiger partial charge in [-0.2, -0.15) is 0 Å². The van der Waals surface area contributed by atoms with Gasteiger partial charge < -0.3 is 15.2 Å². The molecule has 1 aromatic rings. The average molecular weight is 182 g/mol. The van der Waals surface area contributed by atoms with E-state index in [0.29, 0.717) is 11.6 Å². The summed E-state index contributed by atoms with van der Waals surface area (Å²) in [7, 11) is 3.13. The summed E-state index contributed by atoms with van der Waals surface area (Å²) >= 11 is 0. The summed E-state index contributed by atoms with van der Waals surface area (Å²) in [5, 5.41) is 0. The largest absolute Gasteiger partial charge is 0.491 e. The molecule has 1 heterocycles. The van der Waals surface area contributed by atoms with Crippen molar-refractivity contribution in [3.8, 4) is 11.6 Å². The molecule has 0 aliphatic heterocycles. The fraction of sp³-hybridized carbons (Fsp3) is 0.444. The maximum atomic E-state index is 5.67. The fourth-order valence-electron chi connectivity index (χ4n) is 0.997. The molecule has 0 aliphatic rings. The number of methoxy groups -OCH3 is 2. The molecule has 13 heavy (non-hydrogen) atoms. The van der Waals surface area contributed by atoms with Gasteiger partial charge in [0.1, 0.15) is 0 Å². The van der Waals surface area contributed by atoms with Gasteiger partial charge in [0.05, 0.1) is 19.9 Å². The number of hydrogen-bond acceptors (Lipinski definition) is 4. The lowest BCUT2D eigenvalue weighted by molar-refractivity contribution is 0.341. The molecule has 0 bridgehead atoms. The highest BCUT2D eigenvalue weighted by atomic mass is 16.5. The molecular formula is C9H14N2O2. The number of pyridine rings is 1. The summed E-state index contributed by atoms with van der Waals surface area (Å²) in [6, 6.07) is 3.52. The predicted molar refractivity (Wildman–Crippen MR) is 49.9 cm³/mol. The van der Waals surface area contributed by atoms with Crippen LogP contribution in [-0.2, 0) is 0 Å². The number of aromatic nitrogens is 1. The molecule has 0 amide bonds. The molecule has 0 saturated heterocycles. The van der Waals surface area contributed by atoms with E-state index in [-0.39, 0.29) is 6.04 Å². The second kappa shape index (κ2) is 4.09. The molecule has 1 unspecified atom stereocenters. The zero-order chi connectivity index (χ0) is 9.84. The van der Waals surface area contributed by atoms with Crippen molar-refractivity contribution >= 4 is 0 Å². The Morgan fingerprint density at radius 3 is 2.46 bits per heavy atom. The molecule has 4 heteroatoms. The highest BCUT2D eigenvalue weighted by Crippen LogP contribution is 2.25. The van der Waals surface area contributed by atoms with Gasteiger partial charge in [-0.15, -0.1) is 0 Å². The van der Waals surface area contributed by atoms with Gasteiger partial charge in [0.25, 0.3) is 5.88 Å². The van der Waals surface area contributed by atoms with E-state index < -0.39 is 0 Å². The van der Waals surface area contributed by atoms with Crippen LogP contribution in [0.5, 0.6) is 11.6 Å². The normalized spacial score (nSPS) is 12.3. The van der Waals surface area contributed by atoms with E-state index >= 15 is 0 Å². The molecule has 0 saturated carbocycles. The highest BCUT2D eigenvalue weighted by Gasteiger charge is 2.08. The van der Waals surface area contributed by atoms with Crippen molar-refractivity contribution in [1.82, 2.24) is 4.98 Å². The molecule has 0 radical (unpaired) electrons. The van der Waals surface area contributed by atoms with Crippen LogP contribution < -0.4 is 15.2 Å². The Hall–Kier alpha value is -1.29. The van der Waals surface area contributed by atoms with Crippen molar-refractivity contribution in [2.45, 2.75) is 13.0 Å². The first-order valence-electron chi connectivity index (χ1n) is 4.03. The van der Waals surface area contributed by atoms with Crippen molar-refractivity contribution in [2.75, 3.05) is 14.2 Å². The zero-order valence-corrected chi connectivity index (χ0v) is 8.07. The van der Waals surface area contributed by atoms with Gasteiger partial charge in [-0.25, -0.2) is 4.98 Å². The van der Waals surface area contributed by atoms with E-state index in [9.17, 15) is 0 Å². The number of hydrogen-bond donors (Lipinski definition) is 1. The van der Waals surface area contributed by atoms with Crippen molar-refractivity contribution in [3.63, 3.8) is 0 Å². The summed E-state index contributed by atoms with van der Waals surface area (Å²) in [6.45, 7) is 1.87. The molecule has 2 N–H and O–H groups in total. The van der Waals surface area contributed by atoms with Gasteiger partial charge >= 0.3 is 0 Å². The molecule has 1 rings (SSSR count). The molecule has 0 aliphatic carbocycles. The Labute approximate surface area is 77.7 Å². The van der Waals surface area contributed by atoms with Crippen molar-refractivity contribution in [1.29, 1.82) is 0 Å². The van der Waals surface area contributed by atoms with Crippen LogP contribution in [-0.4, -0.2) is 19.2 Å². The fourth-order valence-corrected chi connectivity index (χ4v) is 0.997. The van der Waals surface area contributed by atoms with Crippen LogP contribution in [0, 0.1) is 0 Å². The molecular weight excluding hydrogens is 168 g/mol. The Morgan fingerprint density at radius 1 is 1.31 bits per heavy atom. The number of nitrogens with zero attached hydrogens (tertiary/aromatic N) is 1. The van der Waals surface area contributed by atoms with Crippen LogP contribution in [0.25, 0.3) is 0 Å². The van der Waals surface area contributed by atoms with Crippen LogP contribution in [0.4, 0.5) is 0 Å². The number of nitrogens with two attached hydrogens (primary N) is 1. The Morgan fingerprint density at radius 2 is 2.00 bits per heavy atom. The van der Waals surface area contributed by atoms with E-state index in [4.69, 9.17) is 15.2 Å². The Balaban J connectivity index is 3.05. The van der Waals surface area contributed by atoms with E-state index in [2.05, 4.69) is 4.98 Å². The maximum absolute atomic E-state index is 5.67. The quantitative estimate of drug-likeness (QED) is 0.761. The standard InChI is InChI=1S/C9H14N2O2/c1-6(10)7-4-5-8(12-2)9(11-7)13-3/h4-6H,10H2,1-3H3. The van der Waals surface area contributed by atoms with E-state index in [1.165, 1.54) is 0 Å². The molecule has 72 valence electrons. The molecule has 0 spiro atoms. The van der Waals surface area contributed by atoms with Gasteiger partial charge in [0.15, 0.2) is 5.75 Å². The number of rotatable bonds is 3. The molecule has 4 nitrogen and oxygen atoms in total. The van der Waals surface area contributed by atoms with Gasteiger partial charge in [-0.1, -0.05) is 0 Å². The lowest BCUT2D eigenvalue weighted by Crippen LogP contribution is -2.08. The smallest absolute Gasteiger partial charge is 0.257 e. The van der Waals surface area contributed by atoms with E-state index in [0.717, 1.165) is 5.69 Å². The third-order valence-electron chi connectivity index (χ3n) is 1.73. The van der Waals surface area contributed by atoms with Gasteiger partial charge in [-0.05, 0) is 19.1 Å². The molecule has 1 aromatic heterocycles. The summed E-state index contributed by atoms with van der Waals surface area (Å²) < 4.78 is 10.1.